The zero-order valence-corrected chi connectivity index (χ0v) is 10.8. The number of likely N-dealkylation sites (tertiary alicyclic amines) is 1. The van der Waals surface area contributed by atoms with E-state index in [1.807, 2.05) is 0 Å². The number of hydrogen-bond donors (Lipinski definition) is 1. The normalized spacial score (nSPS) is 24.8. The smallest absolute Gasteiger partial charge is 0.319 e. The van der Waals surface area contributed by atoms with Gasteiger partial charge in [-0.3, -0.25) is 9.69 Å². The molecule has 0 amide bonds. The standard InChI is InChI=1S/C13H24N2O2/c1-17-13(16)10-15-8-4-12(5-9-15)11-2-6-14-7-3-11/h11-12,14H,2-10H2,1H3. The first kappa shape index (κ1) is 12.8. The fourth-order valence-electron chi connectivity index (χ4n) is 3.15. The van der Waals surface area contributed by atoms with Gasteiger partial charge in [0.05, 0.1) is 13.7 Å². The van der Waals surface area contributed by atoms with Crippen molar-refractivity contribution in [3.8, 4) is 0 Å². The maximum atomic E-state index is 11.2. The fraction of sp³-hybridized carbons (Fsp3) is 0.923. The van der Waals surface area contributed by atoms with Crippen molar-refractivity contribution < 1.29 is 9.53 Å². The second-order valence-electron chi connectivity index (χ2n) is 5.28. The molecule has 0 saturated carbocycles. The Kier molecular flexibility index (Phi) is 4.80. The summed E-state index contributed by atoms with van der Waals surface area (Å²) in [5.74, 6) is 1.69. The van der Waals surface area contributed by atoms with Crippen LogP contribution in [0, 0.1) is 11.8 Å². The topological polar surface area (TPSA) is 41.6 Å². The Morgan fingerprint density at radius 2 is 1.76 bits per heavy atom. The molecule has 2 saturated heterocycles. The number of carbonyl (C=O) groups is 1. The molecule has 2 aliphatic rings. The van der Waals surface area contributed by atoms with Crippen molar-refractivity contribution in [3.05, 3.63) is 0 Å². The molecule has 2 heterocycles. The van der Waals surface area contributed by atoms with Gasteiger partial charge in [-0.05, 0) is 63.7 Å². The third-order valence-electron chi connectivity index (χ3n) is 4.26. The van der Waals surface area contributed by atoms with E-state index in [4.69, 9.17) is 4.74 Å². The molecule has 0 atom stereocenters. The van der Waals surface area contributed by atoms with Crippen LogP contribution in [0.15, 0.2) is 0 Å². The highest BCUT2D eigenvalue weighted by atomic mass is 16.5. The molecule has 0 bridgehead atoms. The molecule has 2 rings (SSSR count). The minimum absolute atomic E-state index is 0.106. The zero-order chi connectivity index (χ0) is 12.1. The van der Waals surface area contributed by atoms with Gasteiger partial charge in [0.2, 0.25) is 0 Å². The van der Waals surface area contributed by atoms with E-state index >= 15 is 0 Å². The second-order valence-corrected chi connectivity index (χ2v) is 5.28. The highest BCUT2D eigenvalue weighted by molar-refractivity contribution is 5.71. The Morgan fingerprint density at radius 3 is 2.35 bits per heavy atom. The van der Waals surface area contributed by atoms with Gasteiger partial charge in [-0.1, -0.05) is 0 Å². The van der Waals surface area contributed by atoms with E-state index in [1.54, 1.807) is 0 Å². The molecule has 4 heteroatoms. The van der Waals surface area contributed by atoms with Crippen LogP contribution in [0.1, 0.15) is 25.7 Å². The van der Waals surface area contributed by atoms with Crippen LogP contribution >= 0.6 is 0 Å². The molecule has 0 aromatic heterocycles. The third-order valence-corrected chi connectivity index (χ3v) is 4.26. The number of ether oxygens (including phenoxy) is 1. The molecular formula is C13H24N2O2. The number of hydrogen-bond acceptors (Lipinski definition) is 4. The second kappa shape index (κ2) is 6.36. The van der Waals surface area contributed by atoms with Crippen molar-refractivity contribution in [3.63, 3.8) is 0 Å². The van der Waals surface area contributed by atoms with Crippen LogP contribution < -0.4 is 5.32 Å². The molecule has 0 radical (unpaired) electrons. The molecular weight excluding hydrogens is 216 g/mol. The van der Waals surface area contributed by atoms with Crippen molar-refractivity contribution in [1.29, 1.82) is 0 Å². The van der Waals surface area contributed by atoms with E-state index in [0.717, 1.165) is 24.9 Å². The minimum atomic E-state index is -0.106. The van der Waals surface area contributed by atoms with Gasteiger partial charge in [0.1, 0.15) is 0 Å². The van der Waals surface area contributed by atoms with E-state index < -0.39 is 0 Å². The monoisotopic (exact) mass is 240 g/mol. The summed E-state index contributed by atoms with van der Waals surface area (Å²) in [5, 5.41) is 3.42. The van der Waals surface area contributed by atoms with E-state index in [-0.39, 0.29) is 5.97 Å². The lowest BCUT2D eigenvalue weighted by Crippen LogP contribution is -2.41. The number of rotatable bonds is 3. The Bertz CT molecular complexity index is 244. The highest BCUT2D eigenvalue weighted by Crippen LogP contribution is 2.30. The summed E-state index contributed by atoms with van der Waals surface area (Å²) in [6.45, 7) is 4.96. The van der Waals surface area contributed by atoms with Gasteiger partial charge in [-0.15, -0.1) is 0 Å². The number of nitrogens with zero attached hydrogens (tertiary/aromatic N) is 1. The lowest BCUT2D eigenvalue weighted by Gasteiger charge is -2.37. The molecule has 2 fully saturated rings. The summed E-state index contributed by atoms with van der Waals surface area (Å²) in [6.07, 6.45) is 5.17. The lowest BCUT2D eigenvalue weighted by atomic mass is 9.79. The lowest BCUT2D eigenvalue weighted by molar-refractivity contribution is -0.142. The summed E-state index contributed by atoms with van der Waals surface area (Å²) < 4.78 is 4.71. The first-order chi connectivity index (χ1) is 8.29. The summed E-state index contributed by atoms with van der Waals surface area (Å²) in [7, 11) is 1.46. The van der Waals surface area contributed by atoms with Gasteiger partial charge < -0.3 is 10.1 Å². The molecule has 0 aromatic carbocycles. The van der Waals surface area contributed by atoms with E-state index in [9.17, 15) is 4.79 Å². The van der Waals surface area contributed by atoms with Crippen LogP contribution in [0.5, 0.6) is 0 Å². The molecule has 1 N–H and O–H groups in total. The van der Waals surface area contributed by atoms with Crippen molar-refractivity contribution in [2.45, 2.75) is 25.7 Å². The predicted octanol–water partition coefficient (Wildman–Crippen LogP) is 0.871. The molecule has 0 aromatic rings. The largest absolute Gasteiger partial charge is 0.468 e. The quantitative estimate of drug-likeness (QED) is 0.743. The SMILES string of the molecule is COC(=O)CN1CCC(C2CCNCC2)CC1. The number of piperidine rings is 2. The predicted molar refractivity (Wildman–Crippen MR) is 66.8 cm³/mol. The van der Waals surface area contributed by atoms with Gasteiger partial charge in [0.25, 0.3) is 0 Å². The summed E-state index contributed by atoms with van der Waals surface area (Å²) in [6, 6.07) is 0. The zero-order valence-electron chi connectivity index (χ0n) is 10.8. The molecule has 0 spiro atoms. The van der Waals surface area contributed by atoms with Crippen LogP contribution in [0.3, 0.4) is 0 Å². The first-order valence-corrected chi connectivity index (χ1v) is 6.79. The number of nitrogens with one attached hydrogen (secondary N) is 1. The average Bonchev–Trinajstić information content (AvgIpc) is 2.40. The molecule has 17 heavy (non-hydrogen) atoms. The summed E-state index contributed by atoms with van der Waals surface area (Å²) in [4.78, 5) is 13.4. The van der Waals surface area contributed by atoms with Gasteiger partial charge in [-0.25, -0.2) is 0 Å². The van der Waals surface area contributed by atoms with Gasteiger partial charge in [0, 0.05) is 0 Å². The first-order valence-electron chi connectivity index (χ1n) is 6.79. The van der Waals surface area contributed by atoms with E-state index in [0.29, 0.717) is 6.54 Å². The average molecular weight is 240 g/mol. The van der Waals surface area contributed by atoms with Crippen LogP contribution in [0.25, 0.3) is 0 Å². The molecule has 4 nitrogen and oxygen atoms in total. The van der Waals surface area contributed by atoms with Gasteiger partial charge >= 0.3 is 5.97 Å². The Hall–Kier alpha value is -0.610. The molecule has 2 aliphatic heterocycles. The van der Waals surface area contributed by atoms with Crippen molar-refractivity contribution in [2.75, 3.05) is 39.8 Å². The Balaban J connectivity index is 1.71. The van der Waals surface area contributed by atoms with Crippen LogP contribution in [-0.4, -0.2) is 50.7 Å². The van der Waals surface area contributed by atoms with E-state index in [1.165, 1.54) is 45.9 Å². The van der Waals surface area contributed by atoms with Gasteiger partial charge in [0.15, 0.2) is 0 Å². The van der Waals surface area contributed by atoms with Crippen LogP contribution in [0.4, 0.5) is 0 Å². The van der Waals surface area contributed by atoms with Crippen LogP contribution in [-0.2, 0) is 9.53 Å². The number of methoxy groups -OCH3 is 1. The van der Waals surface area contributed by atoms with E-state index in [2.05, 4.69) is 10.2 Å². The maximum Gasteiger partial charge on any atom is 0.319 e. The Labute approximate surface area is 104 Å². The number of carbonyl (C=O) groups excluding carboxylic acids is 1. The molecule has 0 unspecified atom stereocenters. The minimum Gasteiger partial charge on any atom is -0.468 e. The summed E-state index contributed by atoms with van der Waals surface area (Å²) in [5.41, 5.74) is 0. The molecule has 98 valence electrons. The van der Waals surface area contributed by atoms with Gasteiger partial charge in [-0.2, -0.15) is 0 Å². The third kappa shape index (κ3) is 3.68. The fourth-order valence-corrected chi connectivity index (χ4v) is 3.15. The highest BCUT2D eigenvalue weighted by Gasteiger charge is 2.28. The van der Waals surface area contributed by atoms with Crippen LogP contribution in [0.2, 0.25) is 0 Å². The van der Waals surface area contributed by atoms with Crippen molar-refractivity contribution >= 4 is 5.97 Å². The van der Waals surface area contributed by atoms with Crippen molar-refractivity contribution in [2.24, 2.45) is 11.8 Å². The Morgan fingerprint density at radius 1 is 1.18 bits per heavy atom. The summed E-state index contributed by atoms with van der Waals surface area (Å²) >= 11 is 0. The number of esters is 1. The maximum absolute atomic E-state index is 11.2. The molecule has 0 aliphatic carbocycles. The van der Waals surface area contributed by atoms with Crippen molar-refractivity contribution in [1.82, 2.24) is 10.2 Å².